The molecule has 1 heterocycles. The fraction of sp³-hybridized carbons (Fsp3) is 0.538. The van der Waals surface area contributed by atoms with Crippen molar-refractivity contribution in [2.24, 2.45) is 0 Å². The van der Waals surface area contributed by atoms with Crippen LogP contribution in [0.25, 0.3) is 0 Å². The minimum absolute atomic E-state index is 0.0555. The number of halogens is 2. The molecule has 4 heteroatoms. The second-order valence-electron chi connectivity index (χ2n) is 4.57. The van der Waals surface area contributed by atoms with Gasteiger partial charge in [0.05, 0.1) is 10.6 Å². The number of nitrogens with zero attached hydrogens (tertiary/aromatic N) is 1. The first-order chi connectivity index (χ1) is 8.07. The Morgan fingerprint density at radius 3 is 2.65 bits per heavy atom. The molecule has 0 spiro atoms. The van der Waals surface area contributed by atoms with Gasteiger partial charge in [-0.25, -0.2) is 4.39 Å². The molecule has 0 saturated carbocycles. The van der Waals surface area contributed by atoms with Crippen LogP contribution in [0.5, 0.6) is 0 Å². The summed E-state index contributed by atoms with van der Waals surface area (Å²) in [5, 5.41) is 10.6. The Kier molecular flexibility index (Phi) is 3.71. The molecule has 1 aromatic rings. The van der Waals surface area contributed by atoms with Crippen molar-refractivity contribution < 1.29 is 9.50 Å². The topological polar surface area (TPSA) is 23.5 Å². The summed E-state index contributed by atoms with van der Waals surface area (Å²) in [7, 11) is 0. The standard InChI is InChI=1S/C13H17ClFNO/c1-2-16-8-6-13(17,7-9-16)10-4-3-5-11(15)12(10)14/h3-5,17H,2,6-9H2,1H3. The van der Waals surface area contributed by atoms with Gasteiger partial charge >= 0.3 is 0 Å². The summed E-state index contributed by atoms with van der Waals surface area (Å²) in [4.78, 5) is 2.27. The van der Waals surface area contributed by atoms with Crippen molar-refractivity contribution in [1.82, 2.24) is 4.90 Å². The summed E-state index contributed by atoms with van der Waals surface area (Å²) in [6, 6.07) is 4.63. The Labute approximate surface area is 106 Å². The molecule has 0 bridgehead atoms. The Morgan fingerprint density at radius 1 is 1.41 bits per heavy atom. The maximum atomic E-state index is 13.4. The highest BCUT2D eigenvalue weighted by Crippen LogP contribution is 2.37. The minimum atomic E-state index is -0.981. The van der Waals surface area contributed by atoms with E-state index < -0.39 is 11.4 Å². The number of likely N-dealkylation sites (tertiary alicyclic amines) is 1. The van der Waals surface area contributed by atoms with E-state index >= 15 is 0 Å². The number of piperidine rings is 1. The first-order valence-electron chi connectivity index (χ1n) is 5.96. The summed E-state index contributed by atoms with van der Waals surface area (Å²) >= 11 is 5.94. The van der Waals surface area contributed by atoms with Crippen LogP contribution in [0.3, 0.4) is 0 Å². The molecule has 0 atom stereocenters. The van der Waals surface area contributed by atoms with E-state index in [1.165, 1.54) is 6.07 Å². The van der Waals surface area contributed by atoms with Crippen LogP contribution in [0, 0.1) is 5.82 Å². The van der Waals surface area contributed by atoms with Crippen molar-refractivity contribution in [1.29, 1.82) is 0 Å². The Morgan fingerprint density at radius 2 is 2.06 bits per heavy atom. The highest BCUT2D eigenvalue weighted by atomic mass is 35.5. The van der Waals surface area contributed by atoms with E-state index in [4.69, 9.17) is 11.6 Å². The lowest BCUT2D eigenvalue weighted by atomic mass is 9.84. The van der Waals surface area contributed by atoms with Crippen molar-refractivity contribution in [3.8, 4) is 0 Å². The van der Waals surface area contributed by atoms with Crippen LogP contribution in [-0.4, -0.2) is 29.6 Å². The number of aliphatic hydroxyl groups is 1. The zero-order valence-corrected chi connectivity index (χ0v) is 10.7. The van der Waals surface area contributed by atoms with E-state index in [1.54, 1.807) is 12.1 Å². The molecule has 94 valence electrons. The van der Waals surface area contributed by atoms with Crippen molar-refractivity contribution in [2.45, 2.75) is 25.4 Å². The smallest absolute Gasteiger partial charge is 0.142 e. The van der Waals surface area contributed by atoms with E-state index in [0.29, 0.717) is 18.4 Å². The van der Waals surface area contributed by atoms with Crippen LogP contribution < -0.4 is 0 Å². The van der Waals surface area contributed by atoms with Gasteiger partial charge in [0.25, 0.3) is 0 Å². The first kappa shape index (κ1) is 12.8. The lowest BCUT2D eigenvalue weighted by Crippen LogP contribution is -2.42. The third-order valence-corrected chi connectivity index (χ3v) is 3.97. The molecule has 1 N–H and O–H groups in total. The zero-order chi connectivity index (χ0) is 12.5. The third kappa shape index (κ3) is 2.46. The summed E-state index contributed by atoms with van der Waals surface area (Å²) in [5.74, 6) is -0.462. The molecular weight excluding hydrogens is 241 g/mol. The maximum Gasteiger partial charge on any atom is 0.142 e. The van der Waals surface area contributed by atoms with Gasteiger partial charge < -0.3 is 10.0 Å². The van der Waals surface area contributed by atoms with Crippen LogP contribution in [0.15, 0.2) is 18.2 Å². The van der Waals surface area contributed by atoms with E-state index in [-0.39, 0.29) is 5.02 Å². The van der Waals surface area contributed by atoms with E-state index in [2.05, 4.69) is 11.8 Å². The zero-order valence-electron chi connectivity index (χ0n) is 9.92. The Hall–Kier alpha value is -0.640. The van der Waals surface area contributed by atoms with Gasteiger partial charge in [0, 0.05) is 18.7 Å². The number of benzene rings is 1. The lowest BCUT2D eigenvalue weighted by molar-refractivity contribution is -0.0248. The van der Waals surface area contributed by atoms with Gasteiger partial charge in [-0.05, 0) is 25.5 Å². The predicted octanol–water partition coefficient (Wildman–Crippen LogP) is 2.78. The monoisotopic (exact) mass is 257 g/mol. The highest BCUT2D eigenvalue weighted by molar-refractivity contribution is 6.31. The summed E-state index contributed by atoms with van der Waals surface area (Å²) in [5.41, 5.74) is -0.458. The van der Waals surface area contributed by atoms with Crippen molar-refractivity contribution >= 4 is 11.6 Å². The van der Waals surface area contributed by atoms with Crippen LogP contribution in [0.2, 0.25) is 5.02 Å². The van der Waals surface area contributed by atoms with Gasteiger partial charge in [-0.3, -0.25) is 0 Å². The largest absolute Gasteiger partial charge is 0.385 e. The van der Waals surface area contributed by atoms with E-state index in [9.17, 15) is 9.50 Å². The van der Waals surface area contributed by atoms with Crippen LogP contribution in [0.4, 0.5) is 4.39 Å². The second-order valence-corrected chi connectivity index (χ2v) is 4.95. The van der Waals surface area contributed by atoms with Crippen LogP contribution in [-0.2, 0) is 5.60 Å². The molecule has 0 radical (unpaired) electrons. The van der Waals surface area contributed by atoms with Gasteiger partial charge in [0.2, 0.25) is 0 Å². The van der Waals surface area contributed by atoms with Gasteiger partial charge in [-0.15, -0.1) is 0 Å². The summed E-state index contributed by atoms with van der Waals surface area (Å²) in [6.45, 7) is 4.71. The molecule has 0 unspecified atom stereocenters. The van der Waals surface area contributed by atoms with Gasteiger partial charge in [-0.2, -0.15) is 0 Å². The third-order valence-electron chi connectivity index (χ3n) is 3.58. The minimum Gasteiger partial charge on any atom is -0.385 e. The SMILES string of the molecule is CCN1CCC(O)(c2cccc(F)c2Cl)CC1. The normalized spacial score (nSPS) is 20.5. The van der Waals surface area contributed by atoms with E-state index in [1.807, 2.05) is 0 Å². The second kappa shape index (κ2) is 4.92. The van der Waals surface area contributed by atoms with Gasteiger partial charge in [0.15, 0.2) is 0 Å². The molecule has 1 fully saturated rings. The Bertz CT molecular complexity index is 402. The van der Waals surface area contributed by atoms with Crippen molar-refractivity contribution in [2.75, 3.05) is 19.6 Å². The molecule has 0 aliphatic carbocycles. The molecular formula is C13H17ClFNO. The number of hydrogen-bond donors (Lipinski definition) is 1. The summed E-state index contributed by atoms with van der Waals surface area (Å²) < 4.78 is 13.4. The molecule has 1 saturated heterocycles. The lowest BCUT2D eigenvalue weighted by Gasteiger charge is -2.38. The molecule has 1 aromatic carbocycles. The number of hydrogen-bond acceptors (Lipinski definition) is 2. The maximum absolute atomic E-state index is 13.4. The van der Waals surface area contributed by atoms with E-state index in [0.717, 1.165) is 19.6 Å². The van der Waals surface area contributed by atoms with Crippen molar-refractivity contribution in [3.05, 3.63) is 34.6 Å². The molecule has 0 amide bonds. The molecule has 1 aliphatic rings. The fourth-order valence-corrected chi connectivity index (χ4v) is 2.67. The molecule has 0 aromatic heterocycles. The molecule has 2 nitrogen and oxygen atoms in total. The quantitative estimate of drug-likeness (QED) is 0.881. The molecule has 2 rings (SSSR count). The fourth-order valence-electron chi connectivity index (χ4n) is 2.37. The van der Waals surface area contributed by atoms with Crippen molar-refractivity contribution in [3.63, 3.8) is 0 Å². The average Bonchev–Trinajstić information content (AvgIpc) is 2.33. The molecule has 1 aliphatic heterocycles. The van der Waals surface area contributed by atoms with Gasteiger partial charge in [-0.1, -0.05) is 30.7 Å². The van der Waals surface area contributed by atoms with Crippen LogP contribution in [0.1, 0.15) is 25.3 Å². The molecule has 17 heavy (non-hydrogen) atoms. The predicted molar refractivity (Wildman–Crippen MR) is 66.7 cm³/mol. The van der Waals surface area contributed by atoms with Crippen LogP contribution >= 0.6 is 11.6 Å². The number of rotatable bonds is 2. The average molecular weight is 258 g/mol. The Balaban J connectivity index is 2.24. The highest BCUT2D eigenvalue weighted by Gasteiger charge is 2.35. The van der Waals surface area contributed by atoms with Gasteiger partial charge in [0.1, 0.15) is 5.82 Å². The first-order valence-corrected chi connectivity index (χ1v) is 6.34. The summed E-state index contributed by atoms with van der Waals surface area (Å²) in [6.07, 6.45) is 1.20.